The molecule has 1 atom stereocenters. The Labute approximate surface area is 196 Å². The molecule has 0 saturated carbocycles. The molecule has 1 unspecified atom stereocenters. The summed E-state index contributed by atoms with van der Waals surface area (Å²) in [6.07, 6.45) is 1.27. The summed E-state index contributed by atoms with van der Waals surface area (Å²) in [5, 5.41) is 12.0. The van der Waals surface area contributed by atoms with Gasteiger partial charge in [0.25, 0.3) is 0 Å². The van der Waals surface area contributed by atoms with Crippen molar-refractivity contribution >= 4 is 49.7 Å². The van der Waals surface area contributed by atoms with Gasteiger partial charge >= 0.3 is 0 Å². The molecule has 1 amide bonds. The number of nitrogens with zero attached hydrogens (tertiary/aromatic N) is 3. The van der Waals surface area contributed by atoms with Crippen molar-refractivity contribution in [1.82, 2.24) is 10.2 Å². The van der Waals surface area contributed by atoms with Crippen LogP contribution < -0.4 is 14.4 Å². The van der Waals surface area contributed by atoms with Gasteiger partial charge in [-0.3, -0.25) is 14.4 Å². The Hall–Kier alpha value is -2.69. The minimum absolute atomic E-state index is 0.228. The maximum atomic E-state index is 13.1. The first kappa shape index (κ1) is 24.0. The average Bonchev–Trinajstić information content (AvgIpc) is 3.19. The van der Waals surface area contributed by atoms with E-state index in [0.29, 0.717) is 10.8 Å². The Bertz CT molecular complexity index is 1210. The number of benzene rings is 2. The number of carbonyl (C=O) groups excluding carboxylic acids is 1. The van der Waals surface area contributed by atoms with Gasteiger partial charge in [-0.15, -0.1) is 10.2 Å². The Morgan fingerprint density at radius 1 is 1.22 bits per heavy atom. The lowest BCUT2D eigenvalue weighted by Crippen LogP contribution is -2.47. The van der Waals surface area contributed by atoms with Gasteiger partial charge in [-0.25, -0.2) is 8.42 Å². The number of aryl methyl sites for hydroxylation is 1. The fourth-order valence-corrected chi connectivity index (χ4v) is 5.34. The topological polar surface area (TPSA) is 101 Å². The predicted molar refractivity (Wildman–Crippen MR) is 128 cm³/mol. The highest BCUT2D eigenvalue weighted by molar-refractivity contribution is 7.92. The van der Waals surface area contributed by atoms with E-state index in [1.54, 1.807) is 19.1 Å². The van der Waals surface area contributed by atoms with Gasteiger partial charge < -0.3 is 4.74 Å². The first-order chi connectivity index (χ1) is 15.1. The molecule has 3 aromatic rings. The van der Waals surface area contributed by atoms with Gasteiger partial charge in [-0.05, 0) is 31.5 Å². The number of nitrogens with one attached hydrogen (secondary N) is 1. The molecule has 1 N–H and O–H groups in total. The zero-order chi connectivity index (χ0) is 23.5. The van der Waals surface area contributed by atoms with Crippen molar-refractivity contribution in [2.75, 3.05) is 23.0 Å². The first-order valence-electron chi connectivity index (χ1n) is 9.68. The van der Waals surface area contributed by atoms with Crippen molar-refractivity contribution in [3.8, 4) is 16.3 Å². The summed E-state index contributed by atoms with van der Waals surface area (Å²) in [7, 11) is -2.34. The summed E-state index contributed by atoms with van der Waals surface area (Å²) < 4.78 is 31.4. The van der Waals surface area contributed by atoms with Gasteiger partial charge in [-0.2, -0.15) is 0 Å². The van der Waals surface area contributed by atoms with Crippen LogP contribution in [0.2, 0.25) is 5.02 Å². The minimum Gasteiger partial charge on any atom is -0.495 e. The second-order valence-corrected chi connectivity index (χ2v) is 10.3. The van der Waals surface area contributed by atoms with Crippen molar-refractivity contribution in [3.63, 3.8) is 0 Å². The van der Waals surface area contributed by atoms with Gasteiger partial charge in [0.05, 0.1) is 24.1 Å². The molecule has 0 aliphatic rings. The van der Waals surface area contributed by atoms with Crippen LogP contribution in [0.5, 0.6) is 5.75 Å². The van der Waals surface area contributed by atoms with Crippen LogP contribution in [0.4, 0.5) is 10.8 Å². The van der Waals surface area contributed by atoms with Gasteiger partial charge in [0.15, 0.2) is 0 Å². The molecule has 1 aromatic heterocycles. The Kier molecular flexibility index (Phi) is 7.37. The molecule has 8 nitrogen and oxygen atoms in total. The number of amides is 1. The zero-order valence-electron chi connectivity index (χ0n) is 18.0. The predicted octanol–water partition coefficient (Wildman–Crippen LogP) is 4.36. The standard InChI is InChI=1S/C21H23ClN4O4S2/c1-5-17(26(32(4,28)29)15-10-11-18(30-3)16(22)12-15)19(27)23-21-25-24-20(31-21)14-8-6-13(2)7-9-14/h6-12,17H,5H2,1-4H3,(H,23,25,27). The van der Waals surface area contributed by atoms with Gasteiger partial charge in [-0.1, -0.05) is 59.7 Å². The molecule has 0 saturated heterocycles. The summed E-state index contributed by atoms with van der Waals surface area (Å²) in [6.45, 7) is 3.72. The summed E-state index contributed by atoms with van der Waals surface area (Å²) in [6, 6.07) is 11.3. The molecule has 0 aliphatic heterocycles. The molecule has 32 heavy (non-hydrogen) atoms. The normalized spacial score (nSPS) is 12.3. The fraction of sp³-hybridized carbons (Fsp3) is 0.286. The molecule has 11 heteroatoms. The highest BCUT2D eigenvalue weighted by Gasteiger charge is 2.32. The van der Waals surface area contributed by atoms with E-state index in [1.807, 2.05) is 31.2 Å². The third-order valence-corrected chi connectivity index (χ3v) is 7.04. The Morgan fingerprint density at radius 2 is 1.91 bits per heavy atom. The molecule has 1 heterocycles. The number of hydrogen-bond acceptors (Lipinski definition) is 7. The van der Waals surface area contributed by atoms with Crippen LogP contribution >= 0.6 is 22.9 Å². The molecule has 170 valence electrons. The SMILES string of the molecule is CCC(C(=O)Nc1nnc(-c2ccc(C)cc2)s1)N(c1ccc(OC)c(Cl)c1)S(C)(=O)=O. The largest absolute Gasteiger partial charge is 0.495 e. The molecular weight excluding hydrogens is 472 g/mol. The smallest absolute Gasteiger partial charge is 0.250 e. The zero-order valence-corrected chi connectivity index (χ0v) is 20.4. The number of methoxy groups -OCH3 is 1. The van der Waals surface area contributed by atoms with Crippen molar-refractivity contribution in [1.29, 1.82) is 0 Å². The number of rotatable bonds is 8. The molecule has 2 aromatic carbocycles. The number of sulfonamides is 1. The maximum absolute atomic E-state index is 13.1. The van der Waals surface area contributed by atoms with Crippen LogP contribution in [-0.2, 0) is 14.8 Å². The lowest BCUT2D eigenvalue weighted by Gasteiger charge is -2.30. The van der Waals surface area contributed by atoms with E-state index in [9.17, 15) is 13.2 Å². The average molecular weight is 495 g/mol. The fourth-order valence-electron chi connectivity index (χ4n) is 3.13. The number of aromatic nitrogens is 2. The van der Waals surface area contributed by atoms with Crippen molar-refractivity contribution in [2.24, 2.45) is 0 Å². The maximum Gasteiger partial charge on any atom is 0.250 e. The summed E-state index contributed by atoms with van der Waals surface area (Å²) >= 11 is 7.40. The van der Waals surface area contributed by atoms with Crippen LogP contribution in [-0.4, -0.2) is 43.9 Å². The van der Waals surface area contributed by atoms with Crippen molar-refractivity contribution < 1.29 is 17.9 Å². The lowest BCUT2D eigenvalue weighted by atomic mass is 10.2. The molecule has 3 rings (SSSR count). The van der Waals surface area contributed by atoms with Crippen LogP contribution in [0, 0.1) is 6.92 Å². The highest BCUT2D eigenvalue weighted by atomic mass is 35.5. The third-order valence-electron chi connectivity index (χ3n) is 4.67. The van der Waals surface area contributed by atoms with Crippen molar-refractivity contribution in [2.45, 2.75) is 26.3 Å². The second-order valence-electron chi connectivity index (χ2n) is 7.07. The number of hydrogen-bond donors (Lipinski definition) is 1. The van der Waals surface area contributed by atoms with E-state index in [-0.39, 0.29) is 22.3 Å². The van der Waals surface area contributed by atoms with E-state index in [2.05, 4.69) is 15.5 Å². The van der Waals surface area contributed by atoms with Crippen LogP contribution in [0.3, 0.4) is 0 Å². The number of carbonyl (C=O) groups is 1. The van der Waals surface area contributed by atoms with E-state index in [0.717, 1.165) is 21.7 Å². The van der Waals surface area contributed by atoms with Crippen molar-refractivity contribution in [3.05, 3.63) is 53.1 Å². The Morgan fingerprint density at radius 3 is 2.47 bits per heavy atom. The minimum atomic E-state index is -3.80. The monoisotopic (exact) mass is 494 g/mol. The third kappa shape index (κ3) is 5.37. The second kappa shape index (κ2) is 9.85. The molecule has 0 spiro atoms. The van der Waals surface area contributed by atoms with Gasteiger partial charge in [0, 0.05) is 5.56 Å². The quantitative estimate of drug-likeness (QED) is 0.499. The van der Waals surface area contributed by atoms with E-state index < -0.39 is 22.0 Å². The van der Waals surface area contributed by atoms with Gasteiger partial charge in [0.1, 0.15) is 16.8 Å². The Balaban J connectivity index is 1.87. The van der Waals surface area contributed by atoms with Crippen LogP contribution in [0.25, 0.3) is 10.6 Å². The highest BCUT2D eigenvalue weighted by Crippen LogP contribution is 2.32. The summed E-state index contributed by atoms with van der Waals surface area (Å²) in [5.41, 5.74) is 2.27. The summed E-state index contributed by atoms with van der Waals surface area (Å²) in [4.78, 5) is 13.1. The molecular formula is C21H23ClN4O4S2. The molecule has 0 aliphatic carbocycles. The first-order valence-corrected chi connectivity index (χ1v) is 12.7. The lowest BCUT2D eigenvalue weighted by molar-refractivity contribution is -0.117. The number of ether oxygens (including phenoxy) is 1. The molecule has 0 fully saturated rings. The van der Waals surface area contributed by atoms with Crippen LogP contribution in [0.1, 0.15) is 18.9 Å². The van der Waals surface area contributed by atoms with E-state index in [1.165, 1.54) is 24.5 Å². The van der Waals surface area contributed by atoms with Crippen LogP contribution in [0.15, 0.2) is 42.5 Å². The summed E-state index contributed by atoms with van der Waals surface area (Å²) in [5.74, 6) is -0.115. The number of halogens is 1. The van der Waals surface area contributed by atoms with E-state index in [4.69, 9.17) is 16.3 Å². The van der Waals surface area contributed by atoms with Gasteiger partial charge in [0.2, 0.25) is 21.1 Å². The number of anilines is 2. The molecule has 0 bridgehead atoms. The van der Waals surface area contributed by atoms with E-state index >= 15 is 0 Å². The molecule has 0 radical (unpaired) electrons.